The van der Waals surface area contributed by atoms with Gasteiger partial charge < -0.3 is 9.80 Å². The average molecular weight is 339 g/mol. The van der Waals surface area contributed by atoms with E-state index in [1.54, 1.807) is 11.1 Å². The van der Waals surface area contributed by atoms with Crippen molar-refractivity contribution in [1.29, 1.82) is 0 Å². The van der Waals surface area contributed by atoms with Crippen molar-refractivity contribution in [3.63, 3.8) is 0 Å². The summed E-state index contributed by atoms with van der Waals surface area (Å²) in [5, 5.41) is 0. The first-order valence-electron chi connectivity index (χ1n) is 6.93. The number of hydrogen-bond donors (Lipinski definition) is 0. The van der Waals surface area contributed by atoms with E-state index in [9.17, 15) is 4.79 Å². The van der Waals surface area contributed by atoms with Crippen LogP contribution in [0.3, 0.4) is 0 Å². The Labute approximate surface area is 127 Å². The number of carbonyl (C=O) groups is 1. The molecule has 0 aromatic carbocycles. The minimum absolute atomic E-state index is 0.114. The first-order valence-corrected chi connectivity index (χ1v) is 7.72. The van der Waals surface area contributed by atoms with E-state index >= 15 is 0 Å². The van der Waals surface area contributed by atoms with Crippen LogP contribution in [-0.4, -0.2) is 54.6 Å². The summed E-state index contributed by atoms with van der Waals surface area (Å²) in [6.07, 6.45) is 1.80. The highest BCUT2D eigenvalue weighted by molar-refractivity contribution is 9.10. The molecule has 1 atom stereocenters. The number of fused-ring (bicyclic) bond motifs is 3. The summed E-state index contributed by atoms with van der Waals surface area (Å²) in [6, 6.07) is 2.32. The summed E-state index contributed by atoms with van der Waals surface area (Å²) in [7, 11) is 1.83. The fourth-order valence-corrected chi connectivity index (χ4v) is 3.29. The summed E-state index contributed by atoms with van der Waals surface area (Å²) in [4.78, 5) is 23.4. The lowest BCUT2D eigenvalue weighted by atomic mass is 10.1. The number of hydrogen-bond acceptors (Lipinski definition) is 4. The van der Waals surface area contributed by atoms with Crippen molar-refractivity contribution in [3.8, 4) is 0 Å². The van der Waals surface area contributed by atoms with Gasteiger partial charge in [0.1, 0.15) is 6.04 Å². The van der Waals surface area contributed by atoms with E-state index in [1.165, 1.54) is 0 Å². The van der Waals surface area contributed by atoms with Crippen LogP contribution in [0.5, 0.6) is 0 Å². The third-order valence-electron chi connectivity index (χ3n) is 4.20. The maximum absolute atomic E-state index is 12.6. The molecule has 2 aliphatic heterocycles. The molecule has 2 aliphatic rings. The Morgan fingerprint density at radius 2 is 2.15 bits per heavy atom. The molecule has 1 aromatic heterocycles. The molecule has 0 bridgehead atoms. The van der Waals surface area contributed by atoms with Gasteiger partial charge in [-0.15, -0.1) is 0 Å². The number of anilines is 2. The van der Waals surface area contributed by atoms with Crippen molar-refractivity contribution in [3.05, 3.63) is 16.7 Å². The molecule has 0 unspecified atom stereocenters. The number of carbonyl (C=O) groups excluding carboxylic acids is 1. The lowest BCUT2D eigenvalue weighted by Gasteiger charge is -2.47. The Kier molecular flexibility index (Phi) is 3.46. The topological polar surface area (TPSA) is 39.7 Å². The number of likely N-dealkylation sites (N-methyl/N-ethyl adjacent to an activating group) is 1. The van der Waals surface area contributed by atoms with Crippen molar-refractivity contribution in [2.24, 2.45) is 0 Å². The Morgan fingerprint density at radius 3 is 2.85 bits per heavy atom. The van der Waals surface area contributed by atoms with Gasteiger partial charge in [-0.05, 0) is 35.8 Å². The largest absolute Gasteiger partial charge is 0.340 e. The fraction of sp³-hybridized carbons (Fsp3) is 0.571. The van der Waals surface area contributed by atoms with E-state index in [0.717, 1.165) is 35.6 Å². The molecule has 6 heteroatoms. The van der Waals surface area contributed by atoms with Crippen LogP contribution in [0.4, 0.5) is 11.5 Å². The monoisotopic (exact) mass is 338 g/mol. The SMILES string of the molecule is CC(C)N1CCN2c3ncc(Br)cc3N(C)C(=O)[C@H]2C1. The minimum atomic E-state index is -0.114. The van der Waals surface area contributed by atoms with E-state index in [4.69, 9.17) is 0 Å². The Morgan fingerprint density at radius 1 is 1.40 bits per heavy atom. The normalized spacial score (nSPS) is 23.1. The molecule has 1 amide bonds. The molecule has 0 N–H and O–H groups in total. The summed E-state index contributed by atoms with van der Waals surface area (Å²) in [5.41, 5.74) is 0.888. The number of piperazine rings is 1. The van der Waals surface area contributed by atoms with Crippen LogP contribution in [0.2, 0.25) is 0 Å². The number of halogens is 1. The highest BCUT2D eigenvalue weighted by Gasteiger charge is 2.41. The van der Waals surface area contributed by atoms with Crippen LogP contribution >= 0.6 is 15.9 Å². The molecule has 0 spiro atoms. The standard InChI is InChI=1S/C14H19BrN4O/c1-9(2)18-4-5-19-12(8-18)14(20)17(3)11-6-10(15)7-16-13(11)19/h6-7,9,12H,4-5,8H2,1-3H3/t12-/m1/s1. The van der Waals surface area contributed by atoms with Gasteiger partial charge in [0.05, 0.1) is 5.69 Å². The van der Waals surface area contributed by atoms with Gasteiger partial charge in [0.15, 0.2) is 5.82 Å². The van der Waals surface area contributed by atoms with Crippen LogP contribution in [0.15, 0.2) is 16.7 Å². The Balaban J connectivity index is 1.99. The van der Waals surface area contributed by atoms with Gasteiger partial charge >= 0.3 is 0 Å². The minimum Gasteiger partial charge on any atom is -0.340 e. The Hall–Kier alpha value is -1.14. The zero-order valence-corrected chi connectivity index (χ0v) is 13.6. The zero-order valence-electron chi connectivity index (χ0n) is 12.0. The molecular formula is C14H19BrN4O. The maximum atomic E-state index is 12.6. The van der Waals surface area contributed by atoms with Gasteiger partial charge in [0.2, 0.25) is 0 Å². The highest BCUT2D eigenvalue weighted by atomic mass is 79.9. The molecule has 1 aromatic rings. The van der Waals surface area contributed by atoms with Gasteiger partial charge in [-0.3, -0.25) is 9.69 Å². The van der Waals surface area contributed by atoms with Crippen molar-refractivity contribution >= 4 is 33.3 Å². The van der Waals surface area contributed by atoms with Crippen LogP contribution in [0, 0.1) is 0 Å². The van der Waals surface area contributed by atoms with Gasteiger partial charge in [-0.1, -0.05) is 0 Å². The van der Waals surface area contributed by atoms with Crippen LogP contribution in [-0.2, 0) is 4.79 Å². The number of amides is 1. The molecule has 5 nitrogen and oxygen atoms in total. The predicted molar refractivity (Wildman–Crippen MR) is 83.2 cm³/mol. The summed E-state index contributed by atoms with van der Waals surface area (Å²) < 4.78 is 0.898. The third kappa shape index (κ3) is 2.11. The molecule has 108 valence electrons. The predicted octanol–water partition coefficient (Wildman–Crippen LogP) is 1.72. The third-order valence-corrected chi connectivity index (χ3v) is 4.64. The molecule has 1 saturated heterocycles. The average Bonchev–Trinajstić information content (AvgIpc) is 2.44. The number of pyridine rings is 1. The van der Waals surface area contributed by atoms with Gasteiger partial charge in [-0.2, -0.15) is 0 Å². The lowest BCUT2D eigenvalue weighted by Crippen LogP contribution is -2.63. The van der Waals surface area contributed by atoms with Crippen molar-refractivity contribution < 1.29 is 4.79 Å². The number of rotatable bonds is 1. The second kappa shape index (κ2) is 5.00. The quantitative estimate of drug-likeness (QED) is 0.781. The van der Waals surface area contributed by atoms with E-state index < -0.39 is 0 Å². The van der Waals surface area contributed by atoms with Crippen LogP contribution in [0.25, 0.3) is 0 Å². The molecule has 3 heterocycles. The summed E-state index contributed by atoms with van der Waals surface area (Å²) in [5.74, 6) is 1.08. The molecule has 0 saturated carbocycles. The second-order valence-electron chi connectivity index (χ2n) is 5.69. The summed E-state index contributed by atoms with van der Waals surface area (Å²) >= 11 is 3.43. The Bertz CT molecular complexity index is 548. The van der Waals surface area contributed by atoms with E-state index in [0.29, 0.717) is 6.04 Å². The van der Waals surface area contributed by atoms with Gasteiger partial charge in [-0.25, -0.2) is 4.98 Å². The molecule has 20 heavy (non-hydrogen) atoms. The first-order chi connectivity index (χ1) is 9.49. The van der Waals surface area contributed by atoms with Crippen LogP contribution < -0.4 is 9.80 Å². The first kappa shape index (κ1) is 13.8. The van der Waals surface area contributed by atoms with Crippen molar-refractivity contribution in [2.75, 3.05) is 36.5 Å². The van der Waals surface area contributed by atoms with Gasteiger partial charge in [0, 0.05) is 43.4 Å². The van der Waals surface area contributed by atoms with E-state index in [1.807, 2.05) is 13.1 Å². The summed E-state index contributed by atoms with van der Waals surface area (Å²) in [6.45, 7) is 6.95. The van der Waals surface area contributed by atoms with Crippen molar-refractivity contribution in [2.45, 2.75) is 25.9 Å². The molecule has 0 aliphatic carbocycles. The second-order valence-corrected chi connectivity index (χ2v) is 6.61. The van der Waals surface area contributed by atoms with Gasteiger partial charge in [0.25, 0.3) is 5.91 Å². The number of nitrogens with zero attached hydrogens (tertiary/aromatic N) is 4. The molecule has 1 fully saturated rings. The maximum Gasteiger partial charge on any atom is 0.250 e. The molecule has 0 radical (unpaired) electrons. The highest BCUT2D eigenvalue weighted by Crippen LogP contribution is 2.36. The lowest BCUT2D eigenvalue weighted by molar-refractivity contribution is -0.121. The zero-order chi connectivity index (χ0) is 14.4. The van der Waals surface area contributed by atoms with E-state index in [-0.39, 0.29) is 11.9 Å². The van der Waals surface area contributed by atoms with Crippen LogP contribution in [0.1, 0.15) is 13.8 Å². The number of aromatic nitrogens is 1. The van der Waals surface area contributed by atoms with Crippen molar-refractivity contribution in [1.82, 2.24) is 9.88 Å². The fourth-order valence-electron chi connectivity index (χ4n) is 2.97. The molecular weight excluding hydrogens is 320 g/mol. The smallest absolute Gasteiger partial charge is 0.250 e. The van der Waals surface area contributed by atoms with E-state index in [2.05, 4.69) is 44.6 Å². The molecule has 3 rings (SSSR count).